The van der Waals surface area contributed by atoms with Crippen LogP contribution in [0.4, 0.5) is 11.4 Å². The lowest BCUT2D eigenvalue weighted by Gasteiger charge is -2.32. The Hall–Kier alpha value is -3.42. The van der Waals surface area contributed by atoms with Crippen LogP contribution in [0.25, 0.3) is 5.65 Å². The third-order valence-electron chi connectivity index (χ3n) is 3.95. The van der Waals surface area contributed by atoms with Crippen molar-refractivity contribution in [2.75, 3.05) is 16.8 Å². The normalized spacial score (nSPS) is 16.4. The number of nitrogens with zero attached hydrogens (tertiary/aromatic N) is 4. The number of para-hydroxylation sites is 2. The van der Waals surface area contributed by atoms with Crippen molar-refractivity contribution in [3.63, 3.8) is 0 Å². The predicted octanol–water partition coefficient (Wildman–Crippen LogP) is 1.48. The summed E-state index contributed by atoms with van der Waals surface area (Å²) in [5.41, 5.74) is 1.87. The van der Waals surface area contributed by atoms with Gasteiger partial charge in [0.15, 0.2) is 11.8 Å². The van der Waals surface area contributed by atoms with Crippen LogP contribution in [-0.2, 0) is 9.59 Å². The predicted molar refractivity (Wildman–Crippen MR) is 90.5 cm³/mol. The number of carbonyl (C=O) groups is 2. The number of nitrogens with one attached hydrogen (secondary N) is 1. The van der Waals surface area contributed by atoms with Gasteiger partial charge in [-0.05, 0) is 31.2 Å². The van der Waals surface area contributed by atoms with E-state index < -0.39 is 6.10 Å². The monoisotopic (exact) mass is 337 g/mol. The Labute approximate surface area is 143 Å². The van der Waals surface area contributed by atoms with E-state index in [0.29, 0.717) is 22.8 Å². The zero-order chi connectivity index (χ0) is 17.4. The SMILES string of the molecule is CC1Oc2ccccc2N(CC(=O)Nc2ccc3nncn3c2)C1=O. The van der Waals surface area contributed by atoms with Crippen molar-refractivity contribution in [3.05, 3.63) is 48.9 Å². The fourth-order valence-corrected chi connectivity index (χ4v) is 2.77. The Bertz CT molecular complexity index is 968. The molecule has 126 valence electrons. The van der Waals surface area contributed by atoms with Crippen molar-refractivity contribution in [3.8, 4) is 5.75 Å². The van der Waals surface area contributed by atoms with Gasteiger partial charge in [0.2, 0.25) is 5.91 Å². The third kappa shape index (κ3) is 2.78. The van der Waals surface area contributed by atoms with Crippen LogP contribution in [0.3, 0.4) is 0 Å². The number of ether oxygens (including phenoxy) is 1. The van der Waals surface area contributed by atoms with E-state index in [1.165, 1.54) is 4.90 Å². The molecule has 1 unspecified atom stereocenters. The number of hydrogen-bond donors (Lipinski definition) is 1. The van der Waals surface area contributed by atoms with Crippen LogP contribution < -0.4 is 15.0 Å². The van der Waals surface area contributed by atoms with Gasteiger partial charge in [0.1, 0.15) is 18.6 Å². The van der Waals surface area contributed by atoms with E-state index in [1.807, 2.05) is 6.07 Å². The van der Waals surface area contributed by atoms with Crippen LogP contribution in [0, 0.1) is 0 Å². The van der Waals surface area contributed by atoms with Crippen molar-refractivity contribution in [1.82, 2.24) is 14.6 Å². The second-order valence-corrected chi connectivity index (χ2v) is 5.71. The van der Waals surface area contributed by atoms with E-state index in [0.717, 1.165) is 0 Å². The number of benzene rings is 1. The summed E-state index contributed by atoms with van der Waals surface area (Å²) in [4.78, 5) is 26.3. The average molecular weight is 337 g/mol. The van der Waals surface area contributed by atoms with Crippen LogP contribution in [0.5, 0.6) is 5.75 Å². The summed E-state index contributed by atoms with van der Waals surface area (Å²) in [6.45, 7) is 1.58. The number of amides is 2. The van der Waals surface area contributed by atoms with Gasteiger partial charge in [-0.2, -0.15) is 0 Å². The maximum absolute atomic E-state index is 12.4. The lowest BCUT2D eigenvalue weighted by molar-refractivity contribution is -0.127. The second-order valence-electron chi connectivity index (χ2n) is 5.71. The molecular formula is C17H15N5O3. The van der Waals surface area contributed by atoms with Gasteiger partial charge in [0, 0.05) is 6.20 Å². The lowest BCUT2D eigenvalue weighted by atomic mass is 10.2. The summed E-state index contributed by atoms with van der Waals surface area (Å²) in [6, 6.07) is 10.7. The summed E-state index contributed by atoms with van der Waals surface area (Å²) in [5, 5.41) is 10.5. The summed E-state index contributed by atoms with van der Waals surface area (Å²) in [5.74, 6) is 0.0427. The number of rotatable bonds is 3. The molecule has 3 heterocycles. The summed E-state index contributed by atoms with van der Waals surface area (Å²) in [7, 11) is 0. The molecule has 1 atom stereocenters. The molecule has 8 nitrogen and oxygen atoms in total. The average Bonchev–Trinajstić information content (AvgIpc) is 3.06. The van der Waals surface area contributed by atoms with Gasteiger partial charge in [-0.25, -0.2) is 0 Å². The van der Waals surface area contributed by atoms with Crippen molar-refractivity contribution in [1.29, 1.82) is 0 Å². The smallest absolute Gasteiger partial charge is 0.268 e. The molecule has 0 bridgehead atoms. The number of anilines is 2. The highest BCUT2D eigenvalue weighted by atomic mass is 16.5. The Balaban J connectivity index is 1.54. The number of carbonyl (C=O) groups excluding carboxylic acids is 2. The first-order valence-electron chi connectivity index (χ1n) is 7.78. The zero-order valence-electron chi connectivity index (χ0n) is 13.4. The van der Waals surface area contributed by atoms with Gasteiger partial charge in [-0.3, -0.25) is 18.9 Å². The Morgan fingerprint density at radius 1 is 1.28 bits per heavy atom. The lowest BCUT2D eigenvalue weighted by Crippen LogP contribution is -2.47. The Morgan fingerprint density at radius 2 is 2.12 bits per heavy atom. The minimum atomic E-state index is -0.629. The summed E-state index contributed by atoms with van der Waals surface area (Å²) < 4.78 is 7.27. The molecule has 3 aromatic rings. The van der Waals surface area contributed by atoms with Crippen LogP contribution in [0.2, 0.25) is 0 Å². The van der Waals surface area contributed by atoms with Crippen molar-refractivity contribution >= 4 is 28.8 Å². The first-order chi connectivity index (χ1) is 12.1. The van der Waals surface area contributed by atoms with Gasteiger partial charge in [-0.15, -0.1) is 10.2 Å². The quantitative estimate of drug-likeness (QED) is 0.782. The van der Waals surface area contributed by atoms with Crippen molar-refractivity contribution in [2.24, 2.45) is 0 Å². The standard InChI is InChI=1S/C17H15N5O3/c1-11-17(24)22(13-4-2-3-5-14(13)25-11)9-16(23)19-12-6-7-15-20-18-10-21(15)8-12/h2-8,10-11H,9H2,1H3,(H,19,23). The number of hydrogen-bond acceptors (Lipinski definition) is 5. The highest BCUT2D eigenvalue weighted by molar-refractivity contribution is 6.06. The molecule has 1 N–H and O–H groups in total. The largest absolute Gasteiger partial charge is 0.479 e. The third-order valence-corrected chi connectivity index (χ3v) is 3.95. The van der Waals surface area contributed by atoms with Gasteiger partial charge < -0.3 is 10.1 Å². The van der Waals surface area contributed by atoms with Crippen LogP contribution in [-0.4, -0.2) is 39.1 Å². The van der Waals surface area contributed by atoms with Crippen molar-refractivity contribution in [2.45, 2.75) is 13.0 Å². The molecule has 2 amide bonds. The zero-order valence-corrected chi connectivity index (χ0v) is 13.4. The first-order valence-corrected chi connectivity index (χ1v) is 7.78. The van der Waals surface area contributed by atoms with E-state index in [2.05, 4.69) is 15.5 Å². The fourth-order valence-electron chi connectivity index (χ4n) is 2.77. The number of pyridine rings is 1. The summed E-state index contributed by atoms with van der Waals surface area (Å²) >= 11 is 0. The molecule has 1 aliphatic rings. The van der Waals surface area contributed by atoms with Gasteiger partial charge in [0.05, 0.1) is 11.4 Å². The molecule has 0 aliphatic carbocycles. The molecule has 0 saturated carbocycles. The van der Waals surface area contributed by atoms with Crippen LogP contribution in [0.1, 0.15) is 6.92 Å². The van der Waals surface area contributed by atoms with E-state index in [1.54, 1.807) is 54.2 Å². The minimum absolute atomic E-state index is 0.0935. The molecular weight excluding hydrogens is 322 g/mol. The summed E-state index contributed by atoms with van der Waals surface area (Å²) in [6.07, 6.45) is 2.63. The van der Waals surface area contributed by atoms with Crippen LogP contribution in [0.15, 0.2) is 48.9 Å². The maximum atomic E-state index is 12.4. The highest BCUT2D eigenvalue weighted by Gasteiger charge is 2.32. The molecule has 8 heteroatoms. The molecule has 0 spiro atoms. The molecule has 0 fully saturated rings. The fraction of sp³-hybridized carbons (Fsp3) is 0.176. The first kappa shape index (κ1) is 15.1. The molecule has 0 radical (unpaired) electrons. The second kappa shape index (κ2) is 5.90. The molecule has 2 aromatic heterocycles. The minimum Gasteiger partial charge on any atom is -0.479 e. The number of fused-ring (bicyclic) bond motifs is 2. The molecule has 1 aliphatic heterocycles. The Morgan fingerprint density at radius 3 is 3.00 bits per heavy atom. The topological polar surface area (TPSA) is 88.8 Å². The van der Waals surface area contributed by atoms with Gasteiger partial charge >= 0.3 is 0 Å². The van der Waals surface area contributed by atoms with Crippen molar-refractivity contribution < 1.29 is 14.3 Å². The molecule has 1 aromatic carbocycles. The highest BCUT2D eigenvalue weighted by Crippen LogP contribution is 2.33. The number of aromatic nitrogens is 3. The van der Waals surface area contributed by atoms with E-state index in [-0.39, 0.29) is 18.4 Å². The molecule has 0 saturated heterocycles. The van der Waals surface area contributed by atoms with Crippen LogP contribution >= 0.6 is 0 Å². The van der Waals surface area contributed by atoms with E-state index in [9.17, 15) is 9.59 Å². The van der Waals surface area contributed by atoms with Gasteiger partial charge in [-0.1, -0.05) is 12.1 Å². The maximum Gasteiger partial charge on any atom is 0.268 e. The van der Waals surface area contributed by atoms with Gasteiger partial charge in [0.25, 0.3) is 5.91 Å². The molecule has 4 rings (SSSR count). The Kier molecular flexibility index (Phi) is 3.57. The molecule has 25 heavy (non-hydrogen) atoms. The van der Waals surface area contributed by atoms with E-state index in [4.69, 9.17) is 4.74 Å². The van der Waals surface area contributed by atoms with E-state index >= 15 is 0 Å².